The van der Waals surface area contributed by atoms with Gasteiger partial charge >= 0.3 is 0 Å². The molecular formula is C21H17N3O3. The van der Waals surface area contributed by atoms with Gasteiger partial charge in [0.1, 0.15) is 5.54 Å². The van der Waals surface area contributed by atoms with Gasteiger partial charge in [0.05, 0.1) is 22.3 Å². The Balaban J connectivity index is 1.67. The van der Waals surface area contributed by atoms with E-state index in [2.05, 4.69) is 10.3 Å². The fraction of sp³-hybridized carbons (Fsp3) is 0.143. The number of rotatable bonds is 3. The van der Waals surface area contributed by atoms with Crippen molar-refractivity contribution in [3.63, 3.8) is 0 Å². The second-order valence-corrected chi connectivity index (χ2v) is 6.89. The van der Waals surface area contributed by atoms with E-state index in [4.69, 9.17) is 0 Å². The fourth-order valence-electron chi connectivity index (χ4n) is 3.28. The molecule has 0 atom stereocenters. The average Bonchev–Trinajstić information content (AvgIpc) is 2.93. The van der Waals surface area contributed by atoms with Crippen molar-refractivity contribution in [2.45, 2.75) is 19.4 Å². The zero-order chi connectivity index (χ0) is 19.2. The lowest BCUT2D eigenvalue weighted by Crippen LogP contribution is -2.55. The highest BCUT2D eigenvalue weighted by molar-refractivity contribution is 6.24. The minimum atomic E-state index is -1.37. The molecule has 6 heteroatoms. The summed E-state index contributed by atoms with van der Waals surface area (Å²) in [4.78, 5) is 43.8. The number of anilines is 1. The Kier molecular flexibility index (Phi) is 3.77. The number of nitrogens with one attached hydrogen (secondary N) is 1. The smallest absolute Gasteiger partial charge is 0.262 e. The van der Waals surface area contributed by atoms with Crippen molar-refractivity contribution < 1.29 is 14.4 Å². The minimum Gasteiger partial charge on any atom is -0.322 e. The van der Waals surface area contributed by atoms with Crippen molar-refractivity contribution in [1.82, 2.24) is 9.88 Å². The van der Waals surface area contributed by atoms with Gasteiger partial charge in [-0.1, -0.05) is 30.3 Å². The number of para-hydroxylation sites is 1. The van der Waals surface area contributed by atoms with Crippen molar-refractivity contribution in [2.75, 3.05) is 5.32 Å². The third kappa shape index (κ3) is 2.57. The van der Waals surface area contributed by atoms with Crippen LogP contribution in [0.2, 0.25) is 0 Å². The summed E-state index contributed by atoms with van der Waals surface area (Å²) >= 11 is 0. The number of amides is 3. The van der Waals surface area contributed by atoms with E-state index in [-0.39, 0.29) is 0 Å². The maximum atomic E-state index is 13.0. The number of carbonyl (C=O) groups excluding carboxylic acids is 3. The summed E-state index contributed by atoms with van der Waals surface area (Å²) in [5.41, 5.74) is 0.434. The Hall–Kier alpha value is -3.54. The maximum Gasteiger partial charge on any atom is 0.262 e. The first-order valence-electron chi connectivity index (χ1n) is 8.54. The first-order valence-corrected chi connectivity index (χ1v) is 8.54. The Labute approximate surface area is 155 Å². The number of nitrogens with zero attached hydrogens (tertiary/aromatic N) is 2. The molecule has 1 aromatic heterocycles. The van der Waals surface area contributed by atoms with Crippen LogP contribution in [0.5, 0.6) is 0 Å². The van der Waals surface area contributed by atoms with Gasteiger partial charge in [-0.05, 0) is 38.1 Å². The zero-order valence-electron chi connectivity index (χ0n) is 14.9. The number of hydrogen-bond acceptors (Lipinski definition) is 4. The van der Waals surface area contributed by atoms with Gasteiger partial charge in [-0.15, -0.1) is 0 Å². The van der Waals surface area contributed by atoms with Gasteiger partial charge < -0.3 is 5.32 Å². The molecule has 1 aliphatic heterocycles. The number of carbonyl (C=O) groups is 3. The van der Waals surface area contributed by atoms with Gasteiger partial charge in [0, 0.05) is 11.6 Å². The average molecular weight is 359 g/mol. The van der Waals surface area contributed by atoms with E-state index in [1.165, 1.54) is 0 Å². The third-order valence-corrected chi connectivity index (χ3v) is 4.79. The van der Waals surface area contributed by atoms with Crippen LogP contribution >= 0.6 is 0 Å². The maximum absolute atomic E-state index is 13.0. The highest BCUT2D eigenvalue weighted by Crippen LogP contribution is 2.31. The lowest BCUT2D eigenvalue weighted by molar-refractivity contribution is -0.123. The summed E-state index contributed by atoms with van der Waals surface area (Å²) in [6, 6.07) is 15.7. The van der Waals surface area contributed by atoms with Crippen LogP contribution in [0.1, 0.15) is 34.6 Å². The van der Waals surface area contributed by atoms with Crippen LogP contribution < -0.4 is 5.32 Å². The highest BCUT2D eigenvalue weighted by atomic mass is 16.2. The molecule has 0 fully saturated rings. The molecule has 0 spiro atoms. The van der Waals surface area contributed by atoms with Gasteiger partial charge in [0.15, 0.2) is 0 Å². The molecule has 4 rings (SSSR count). The SMILES string of the molecule is CC(C)(C(=O)Nc1cccc2cccnc12)N1C(=O)c2ccccc2C1=O. The molecule has 1 N–H and O–H groups in total. The molecule has 3 amide bonds. The summed E-state index contributed by atoms with van der Waals surface area (Å²) in [5.74, 6) is -1.39. The molecule has 0 radical (unpaired) electrons. The largest absolute Gasteiger partial charge is 0.322 e. The molecule has 0 unspecified atom stereocenters. The van der Waals surface area contributed by atoms with E-state index in [1.54, 1.807) is 50.4 Å². The van der Waals surface area contributed by atoms with Gasteiger partial charge in [0.25, 0.3) is 11.8 Å². The lowest BCUT2D eigenvalue weighted by Gasteiger charge is -2.32. The van der Waals surface area contributed by atoms with E-state index in [9.17, 15) is 14.4 Å². The van der Waals surface area contributed by atoms with E-state index in [0.29, 0.717) is 22.3 Å². The summed E-state index contributed by atoms with van der Waals surface area (Å²) in [5, 5.41) is 3.71. The monoisotopic (exact) mass is 359 g/mol. The zero-order valence-corrected chi connectivity index (χ0v) is 14.9. The molecular weight excluding hydrogens is 342 g/mol. The summed E-state index contributed by atoms with van der Waals surface area (Å²) < 4.78 is 0. The first-order chi connectivity index (χ1) is 12.9. The second kappa shape index (κ2) is 6.02. The molecule has 3 aromatic rings. The van der Waals surface area contributed by atoms with Crippen LogP contribution in [0, 0.1) is 0 Å². The standard InChI is InChI=1S/C21H17N3O3/c1-21(2,24-18(25)14-9-3-4-10-15(14)19(24)26)20(27)23-16-11-5-7-13-8-6-12-22-17(13)16/h3-12H,1-2H3,(H,23,27). The topological polar surface area (TPSA) is 79.4 Å². The van der Waals surface area contributed by atoms with Crippen LogP contribution in [-0.2, 0) is 4.79 Å². The number of benzene rings is 2. The number of hydrogen-bond donors (Lipinski definition) is 1. The molecule has 0 aliphatic carbocycles. The number of imide groups is 1. The Bertz CT molecular complexity index is 1060. The van der Waals surface area contributed by atoms with Crippen LogP contribution in [0.15, 0.2) is 60.8 Å². The number of pyridine rings is 1. The minimum absolute atomic E-state index is 0.315. The molecule has 1 aliphatic rings. The summed E-state index contributed by atoms with van der Waals surface area (Å²) in [6.07, 6.45) is 1.65. The van der Waals surface area contributed by atoms with Crippen LogP contribution in [0.4, 0.5) is 5.69 Å². The first kappa shape index (κ1) is 16.9. The van der Waals surface area contributed by atoms with Gasteiger partial charge in [-0.25, -0.2) is 0 Å². The molecule has 2 aromatic carbocycles. The van der Waals surface area contributed by atoms with Crippen LogP contribution in [0.25, 0.3) is 10.9 Å². The molecule has 134 valence electrons. The number of aromatic nitrogens is 1. The summed E-state index contributed by atoms with van der Waals surface area (Å²) in [6.45, 7) is 3.12. The predicted octanol–water partition coefficient (Wildman–Crippen LogP) is 3.25. The number of fused-ring (bicyclic) bond motifs is 2. The fourth-order valence-corrected chi connectivity index (χ4v) is 3.28. The van der Waals surface area contributed by atoms with E-state index < -0.39 is 23.3 Å². The molecule has 27 heavy (non-hydrogen) atoms. The highest BCUT2D eigenvalue weighted by Gasteiger charge is 2.47. The van der Waals surface area contributed by atoms with Gasteiger partial charge in [-0.2, -0.15) is 0 Å². The van der Waals surface area contributed by atoms with Crippen molar-refractivity contribution in [3.05, 3.63) is 71.9 Å². The van der Waals surface area contributed by atoms with Crippen LogP contribution in [-0.4, -0.2) is 33.1 Å². The Morgan fingerprint density at radius 2 is 1.56 bits per heavy atom. The van der Waals surface area contributed by atoms with E-state index in [0.717, 1.165) is 10.3 Å². The van der Waals surface area contributed by atoms with Crippen LogP contribution in [0.3, 0.4) is 0 Å². The van der Waals surface area contributed by atoms with Crippen molar-refractivity contribution >= 4 is 34.3 Å². The van der Waals surface area contributed by atoms with Gasteiger partial charge in [0.2, 0.25) is 5.91 Å². The Morgan fingerprint density at radius 1 is 0.926 bits per heavy atom. The summed E-state index contributed by atoms with van der Waals surface area (Å²) in [7, 11) is 0. The van der Waals surface area contributed by atoms with Crippen molar-refractivity contribution in [2.24, 2.45) is 0 Å². The molecule has 0 saturated carbocycles. The van der Waals surface area contributed by atoms with E-state index >= 15 is 0 Å². The normalized spacial score (nSPS) is 13.8. The Morgan fingerprint density at radius 3 is 2.22 bits per heavy atom. The quantitative estimate of drug-likeness (QED) is 0.728. The second-order valence-electron chi connectivity index (χ2n) is 6.89. The molecule has 0 bridgehead atoms. The van der Waals surface area contributed by atoms with Gasteiger partial charge in [-0.3, -0.25) is 24.3 Å². The lowest BCUT2D eigenvalue weighted by atomic mass is 10.0. The molecule has 0 saturated heterocycles. The third-order valence-electron chi connectivity index (χ3n) is 4.79. The predicted molar refractivity (Wildman–Crippen MR) is 101 cm³/mol. The van der Waals surface area contributed by atoms with Crippen molar-refractivity contribution in [1.29, 1.82) is 0 Å². The van der Waals surface area contributed by atoms with Crippen molar-refractivity contribution in [3.8, 4) is 0 Å². The van der Waals surface area contributed by atoms with E-state index in [1.807, 2.05) is 24.3 Å². The molecule has 6 nitrogen and oxygen atoms in total. The molecule has 2 heterocycles.